The summed E-state index contributed by atoms with van der Waals surface area (Å²) in [5.74, 6) is -0.821. The first kappa shape index (κ1) is 24.7. The number of carbonyl (C=O) groups excluding carboxylic acids is 2. The molecule has 0 aliphatic carbocycles. The Hall–Kier alpha value is -3.39. The van der Waals surface area contributed by atoms with Crippen LogP contribution in [-0.2, 0) is 6.42 Å². The third-order valence-electron chi connectivity index (χ3n) is 6.05. The van der Waals surface area contributed by atoms with Gasteiger partial charge in [0.15, 0.2) is 5.78 Å². The molecule has 2 aromatic carbocycles. The molecule has 0 spiro atoms. The highest BCUT2D eigenvalue weighted by Gasteiger charge is 2.20. The Balaban J connectivity index is 1.52. The van der Waals surface area contributed by atoms with Gasteiger partial charge in [0.2, 0.25) is 0 Å². The number of hydrogen-bond donors (Lipinski definition) is 2. The third kappa shape index (κ3) is 6.00. The number of Topliss-reactive ketones (excluding diaryl/α,β-unsaturated/α-hetero) is 1. The van der Waals surface area contributed by atoms with Crippen molar-refractivity contribution in [3.05, 3.63) is 92.8 Å². The molecule has 1 aliphatic rings. The van der Waals surface area contributed by atoms with Crippen LogP contribution >= 0.6 is 15.9 Å². The summed E-state index contributed by atoms with van der Waals surface area (Å²) >= 11 is 3.31. The maximum Gasteiger partial charge on any atom is 0.257 e. The Morgan fingerprint density at radius 2 is 1.83 bits per heavy atom. The van der Waals surface area contributed by atoms with Gasteiger partial charge in [-0.25, -0.2) is 9.37 Å². The lowest BCUT2D eigenvalue weighted by molar-refractivity contribution is 0.0988. The van der Waals surface area contributed by atoms with Crippen molar-refractivity contribution in [1.29, 1.82) is 5.41 Å². The normalized spacial score (nSPS) is 13.4. The molecular formula is C27H26BrFN4O2. The highest BCUT2D eigenvalue weighted by Crippen LogP contribution is 2.21. The van der Waals surface area contributed by atoms with Crippen molar-refractivity contribution in [2.75, 3.05) is 18.4 Å². The number of aromatic nitrogens is 1. The molecule has 0 bridgehead atoms. The number of nitrogens with one attached hydrogen (secondary N) is 2. The minimum Gasteiger partial charge on any atom is -0.357 e. The number of halogens is 2. The van der Waals surface area contributed by atoms with Gasteiger partial charge in [-0.05, 0) is 78.0 Å². The number of piperidine rings is 1. The molecule has 1 saturated heterocycles. The van der Waals surface area contributed by atoms with E-state index in [9.17, 15) is 14.0 Å². The first-order chi connectivity index (χ1) is 16.8. The molecule has 2 heterocycles. The minimum absolute atomic E-state index is 0.0540. The Bertz CT molecular complexity index is 1270. The fourth-order valence-corrected chi connectivity index (χ4v) is 4.38. The van der Waals surface area contributed by atoms with E-state index >= 15 is 0 Å². The summed E-state index contributed by atoms with van der Waals surface area (Å²) in [6.07, 6.45) is 4.63. The van der Waals surface area contributed by atoms with Crippen LogP contribution in [0.4, 0.5) is 10.2 Å². The zero-order valence-electron chi connectivity index (χ0n) is 19.4. The Kier molecular flexibility index (Phi) is 7.70. The first-order valence-corrected chi connectivity index (χ1v) is 12.3. The molecule has 1 amide bonds. The van der Waals surface area contributed by atoms with Gasteiger partial charge in [-0.15, -0.1) is 0 Å². The summed E-state index contributed by atoms with van der Waals surface area (Å²) in [5.41, 5.74) is 2.11. The maximum absolute atomic E-state index is 14.9. The zero-order chi connectivity index (χ0) is 24.9. The van der Waals surface area contributed by atoms with Crippen LogP contribution in [0.1, 0.15) is 56.7 Å². The highest BCUT2D eigenvalue weighted by atomic mass is 79.9. The second kappa shape index (κ2) is 10.9. The number of rotatable bonds is 6. The fourth-order valence-electron chi connectivity index (χ4n) is 4.15. The number of ketones is 1. The number of aryl methyl sites for hydroxylation is 1. The standard InChI is InChI=1S/C27H26BrFN4O2/c1-17-5-6-18(22(13-17)27(35)32-25-10-8-20(28)16-31-25)15-24(34)21-9-7-19(14-23(21)29)26(30)33-11-3-2-4-12-33/h5-10,13-14,16,30H,2-4,11-12,15H2,1H3,(H,31,32,35). The molecular weight excluding hydrogens is 511 g/mol. The van der Waals surface area contributed by atoms with Crippen LogP contribution in [0.15, 0.2) is 59.2 Å². The van der Waals surface area contributed by atoms with Gasteiger partial charge in [-0.3, -0.25) is 15.0 Å². The molecule has 0 unspecified atom stereocenters. The topological polar surface area (TPSA) is 86.2 Å². The number of pyridine rings is 1. The summed E-state index contributed by atoms with van der Waals surface area (Å²) in [4.78, 5) is 32.1. The number of hydrogen-bond acceptors (Lipinski definition) is 4. The van der Waals surface area contributed by atoms with Gasteiger partial charge in [0, 0.05) is 41.3 Å². The van der Waals surface area contributed by atoms with Crippen LogP contribution in [0.3, 0.4) is 0 Å². The van der Waals surface area contributed by atoms with E-state index in [1.165, 1.54) is 12.1 Å². The van der Waals surface area contributed by atoms with Crippen molar-refractivity contribution < 1.29 is 14.0 Å². The summed E-state index contributed by atoms with van der Waals surface area (Å²) < 4.78 is 15.7. The summed E-state index contributed by atoms with van der Waals surface area (Å²) in [7, 11) is 0. The molecule has 6 nitrogen and oxygen atoms in total. The molecule has 0 saturated carbocycles. The molecule has 0 radical (unpaired) electrons. The van der Waals surface area contributed by atoms with Crippen molar-refractivity contribution in [3.8, 4) is 0 Å². The van der Waals surface area contributed by atoms with Gasteiger partial charge < -0.3 is 10.2 Å². The molecule has 1 aromatic heterocycles. The van der Waals surface area contributed by atoms with Gasteiger partial charge in [0.05, 0.1) is 5.56 Å². The molecule has 180 valence electrons. The number of likely N-dealkylation sites (tertiary alicyclic amines) is 1. The SMILES string of the molecule is Cc1ccc(CC(=O)c2ccc(C(=N)N3CCCCC3)cc2F)c(C(=O)Nc2ccc(Br)cn2)c1. The van der Waals surface area contributed by atoms with Gasteiger partial charge in [-0.2, -0.15) is 0 Å². The first-order valence-electron chi connectivity index (χ1n) is 11.5. The van der Waals surface area contributed by atoms with Gasteiger partial charge >= 0.3 is 0 Å². The molecule has 8 heteroatoms. The van der Waals surface area contributed by atoms with Crippen LogP contribution in [0.25, 0.3) is 0 Å². The molecule has 1 fully saturated rings. The van der Waals surface area contributed by atoms with E-state index in [0.717, 1.165) is 42.4 Å². The largest absolute Gasteiger partial charge is 0.357 e. The monoisotopic (exact) mass is 536 g/mol. The molecule has 35 heavy (non-hydrogen) atoms. The summed E-state index contributed by atoms with van der Waals surface area (Å²) in [5, 5.41) is 11.1. The Morgan fingerprint density at radius 3 is 2.51 bits per heavy atom. The molecule has 3 aromatic rings. The predicted molar refractivity (Wildman–Crippen MR) is 138 cm³/mol. The van der Waals surface area contributed by atoms with Crippen LogP contribution in [0.5, 0.6) is 0 Å². The van der Waals surface area contributed by atoms with E-state index in [0.29, 0.717) is 22.5 Å². The number of carbonyl (C=O) groups is 2. The fraction of sp³-hybridized carbons (Fsp3) is 0.259. The summed E-state index contributed by atoms with van der Waals surface area (Å²) in [6, 6.07) is 13.0. The van der Waals surface area contributed by atoms with Crippen LogP contribution < -0.4 is 5.32 Å². The molecule has 1 aliphatic heterocycles. The quantitative estimate of drug-likeness (QED) is 0.237. The van der Waals surface area contributed by atoms with E-state index in [-0.39, 0.29) is 17.8 Å². The van der Waals surface area contributed by atoms with E-state index in [1.54, 1.807) is 36.5 Å². The lowest BCUT2D eigenvalue weighted by Gasteiger charge is -2.29. The highest BCUT2D eigenvalue weighted by molar-refractivity contribution is 9.10. The lowest BCUT2D eigenvalue weighted by atomic mass is 9.95. The molecule has 2 N–H and O–H groups in total. The number of amidine groups is 1. The van der Waals surface area contributed by atoms with E-state index in [4.69, 9.17) is 5.41 Å². The number of amides is 1. The number of benzene rings is 2. The Labute approximate surface area is 212 Å². The van der Waals surface area contributed by atoms with Crippen molar-refractivity contribution in [2.45, 2.75) is 32.6 Å². The number of anilines is 1. The van der Waals surface area contributed by atoms with Crippen molar-refractivity contribution >= 4 is 39.3 Å². The smallest absolute Gasteiger partial charge is 0.257 e. The van der Waals surface area contributed by atoms with Crippen molar-refractivity contribution in [3.63, 3.8) is 0 Å². The van der Waals surface area contributed by atoms with Crippen LogP contribution in [0.2, 0.25) is 0 Å². The van der Waals surface area contributed by atoms with Crippen molar-refractivity contribution in [1.82, 2.24) is 9.88 Å². The van der Waals surface area contributed by atoms with E-state index in [2.05, 4.69) is 26.2 Å². The average Bonchev–Trinajstić information content (AvgIpc) is 2.86. The second-order valence-corrected chi connectivity index (χ2v) is 9.58. The molecule has 0 atom stereocenters. The third-order valence-corrected chi connectivity index (χ3v) is 6.51. The maximum atomic E-state index is 14.9. The van der Waals surface area contributed by atoms with Crippen LogP contribution in [-0.4, -0.2) is 40.5 Å². The van der Waals surface area contributed by atoms with Crippen LogP contribution in [0, 0.1) is 18.2 Å². The van der Waals surface area contributed by atoms with Gasteiger partial charge in [0.1, 0.15) is 17.5 Å². The summed E-state index contributed by atoms with van der Waals surface area (Å²) in [6.45, 7) is 3.43. The second-order valence-electron chi connectivity index (χ2n) is 8.67. The lowest BCUT2D eigenvalue weighted by Crippen LogP contribution is -2.35. The minimum atomic E-state index is -0.661. The predicted octanol–water partition coefficient (Wildman–Crippen LogP) is 5.78. The van der Waals surface area contributed by atoms with E-state index in [1.807, 2.05) is 17.9 Å². The van der Waals surface area contributed by atoms with E-state index < -0.39 is 17.5 Å². The average molecular weight is 537 g/mol. The Morgan fingerprint density at radius 1 is 1.06 bits per heavy atom. The number of nitrogens with zero attached hydrogens (tertiary/aromatic N) is 2. The van der Waals surface area contributed by atoms with Gasteiger partial charge in [-0.1, -0.05) is 23.8 Å². The zero-order valence-corrected chi connectivity index (χ0v) is 21.0. The van der Waals surface area contributed by atoms with Crippen molar-refractivity contribution in [2.24, 2.45) is 0 Å². The van der Waals surface area contributed by atoms with Gasteiger partial charge in [0.25, 0.3) is 5.91 Å². The molecule has 4 rings (SSSR count).